The molecule has 18 heavy (non-hydrogen) atoms. The Morgan fingerprint density at radius 2 is 2.06 bits per heavy atom. The lowest BCUT2D eigenvalue weighted by atomic mass is 9.81. The maximum absolute atomic E-state index is 5.74. The zero-order valence-corrected chi connectivity index (χ0v) is 12.2. The van der Waals surface area contributed by atoms with E-state index in [9.17, 15) is 0 Å². The van der Waals surface area contributed by atoms with E-state index in [-0.39, 0.29) is 0 Å². The lowest BCUT2D eigenvalue weighted by Crippen LogP contribution is -2.48. The van der Waals surface area contributed by atoms with Crippen molar-refractivity contribution in [1.29, 1.82) is 0 Å². The van der Waals surface area contributed by atoms with Gasteiger partial charge in [0.1, 0.15) is 0 Å². The molecule has 1 unspecified atom stereocenters. The molecular formula is C15H30N2O. The van der Waals surface area contributed by atoms with E-state index in [0.717, 1.165) is 25.7 Å². The lowest BCUT2D eigenvalue weighted by Gasteiger charge is -2.40. The van der Waals surface area contributed by atoms with Gasteiger partial charge in [0.25, 0.3) is 0 Å². The van der Waals surface area contributed by atoms with Crippen molar-refractivity contribution in [1.82, 2.24) is 10.2 Å². The molecule has 0 amide bonds. The maximum Gasteiger partial charge on any atom is 0.0546 e. The van der Waals surface area contributed by atoms with E-state index in [1.165, 1.54) is 51.6 Å². The number of nitrogens with zero attached hydrogens (tertiary/aromatic N) is 1. The number of hydrogen-bond donors (Lipinski definition) is 1. The molecule has 106 valence electrons. The quantitative estimate of drug-likeness (QED) is 0.786. The molecule has 3 heteroatoms. The first-order valence-electron chi connectivity index (χ1n) is 7.65. The Balaban J connectivity index is 1.82. The molecule has 0 bridgehead atoms. The van der Waals surface area contributed by atoms with E-state index >= 15 is 0 Å². The monoisotopic (exact) mass is 254 g/mol. The summed E-state index contributed by atoms with van der Waals surface area (Å²) in [4.78, 5) is 2.56. The third kappa shape index (κ3) is 3.94. The summed E-state index contributed by atoms with van der Waals surface area (Å²) in [7, 11) is 4.36. The van der Waals surface area contributed by atoms with Gasteiger partial charge in [-0.05, 0) is 45.7 Å². The van der Waals surface area contributed by atoms with Crippen LogP contribution in [0.25, 0.3) is 0 Å². The van der Waals surface area contributed by atoms with Crippen LogP contribution in [-0.4, -0.2) is 51.8 Å². The first-order valence-corrected chi connectivity index (χ1v) is 7.65. The summed E-state index contributed by atoms with van der Waals surface area (Å²) in [5.41, 5.74) is 0.348. The molecule has 0 aromatic carbocycles. The molecule has 2 rings (SSSR count). The van der Waals surface area contributed by atoms with Crippen LogP contribution < -0.4 is 5.32 Å². The molecular weight excluding hydrogens is 224 g/mol. The largest absolute Gasteiger partial charge is 0.381 e. The Morgan fingerprint density at radius 1 is 1.28 bits per heavy atom. The highest BCUT2D eigenvalue weighted by atomic mass is 16.5. The molecule has 0 spiro atoms. The molecule has 1 aliphatic heterocycles. The van der Waals surface area contributed by atoms with E-state index in [4.69, 9.17) is 4.74 Å². The molecule has 1 N–H and O–H groups in total. The molecule has 0 radical (unpaired) electrons. The topological polar surface area (TPSA) is 24.5 Å². The SMILES string of the molecule is CNCC1(CN(C)CC2CCCC2)CCCOC1. The van der Waals surface area contributed by atoms with E-state index in [1.54, 1.807) is 0 Å². The van der Waals surface area contributed by atoms with E-state index < -0.39 is 0 Å². The van der Waals surface area contributed by atoms with Crippen LogP contribution in [0.15, 0.2) is 0 Å². The second-order valence-electron chi connectivity index (χ2n) is 6.53. The van der Waals surface area contributed by atoms with Gasteiger partial charge in [-0.3, -0.25) is 0 Å². The van der Waals surface area contributed by atoms with Gasteiger partial charge in [0.2, 0.25) is 0 Å². The predicted molar refractivity (Wildman–Crippen MR) is 75.9 cm³/mol. The van der Waals surface area contributed by atoms with Crippen molar-refractivity contribution in [2.45, 2.75) is 38.5 Å². The Morgan fingerprint density at radius 3 is 2.67 bits per heavy atom. The predicted octanol–water partition coefficient (Wildman–Crippen LogP) is 2.12. The van der Waals surface area contributed by atoms with Crippen molar-refractivity contribution in [3.05, 3.63) is 0 Å². The summed E-state index contributed by atoms with van der Waals surface area (Å²) in [5, 5.41) is 3.37. The second kappa shape index (κ2) is 6.88. The fraction of sp³-hybridized carbons (Fsp3) is 1.00. The minimum Gasteiger partial charge on any atom is -0.381 e. The van der Waals surface area contributed by atoms with Crippen LogP contribution in [0.1, 0.15) is 38.5 Å². The molecule has 1 saturated carbocycles. The molecule has 1 saturated heterocycles. The Bertz CT molecular complexity index is 227. The minimum atomic E-state index is 0.348. The average molecular weight is 254 g/mol. The Labute approximate surface area is 112 Å². The van der Waals surface area contributed by atoms with Crippen LogP contribution in [-0.2, 0) is 4.74 Å². The molecule has 0 aromatic rings. The molecule has 1 aliphatic carbocycles. The van der Waals surface area contributed by atoms with Crippen molar-refractivity contribution >= 4 is 0 Å². The summed E-state index contributed by atoms with van der Waals surface area (Å²) >= 11 is 0. The van der Waals surface area contributed by atoms with Gasteiger partial charge in [0.15, 0.2) is 0 Å². The van der Waals surface area contributed by atoms with Gasteiger partial charge in [-0.15, -0.1) is 0 Å². The normalized spacial score (nSPS) is 30.2. The van der Waals surface area contributed by atoms with Gasteiger partial charge in [-0.25, -0.2) is 0 Å². The molecule has 2 fully saturated rings. The molecule has 0 aromatic heterocycles. The lowest BCUT2D eigenvalue weighted by molar-refractivity contribution is -0.0233. The van der Waals surface area contributed by atoms with Crippen LogP contribution >= 0.6 is 0 Å². The molecule has 1 atom stereocenters. The van der Waals surface area contributed by atoms with Gasteiger partial charge in [-0.1, -0.05) is 12.8 Å². The van der Waals surface area contributed by atoms with Crippen LogP contribution in [0.4, 0.5) is 0 Å². The van der Waals surface area contributed by atoms with Crippen LogP contribution in [0.2, 0.25) is 0 Å². The van der Waals surface area contributed by atoms with Gasteiger partial charge in [0.05, 0.1) is 6.61 Å². The highest BCUT2D eigenvalue weighted by Gasteiger charge is 2.34. The summed E-state index contributed by atoms with van der Waals surface area (Å²) in [5.74, 6) is 0.950. The number of ether oxygens (including phenoxy) is 1. The van der Waals surface area contributed by atoms with Crippen molar-refractivity contribution in [3.8, 4) is 0 Å². The summed E-state index contributed by atoms with van der Waals surface area (Å²) in [6.45, 7) is 5.44. The van der Waals surface area contributed by atoms with Gasteiger partial charge in [0, 0.05) is 31.7 Å². The summed E-state index contributed by atoms with van der Waals surface area (Å²) < 4.78 is 5.74. The molecule has 3 nitrogen and oxygen atoms in total. The zero-order valence-electron chi connectivity index (χ0n) is 12.2. The van der Waals surface area contributed by atoms with Crippen LogP contribution in [0.5, 0.6) is 0 Å². The number of nitrogens with one attached hydrogen (secondary N) is 1. The highest BCUT2D eigenvalue weighted by Crippen LogP contribution is 2.30. The number of rotatable bonds is 6. The molecule has 1 heterocycles. The Hall–Kier alpha value is -0.120. The van der Waals surface area contributed by atoms with Crippen molar-refractivity contribution < 1.29 is 4.74 Å². The summed E-state index contributed by atoms with van der Waals surface area (Å²) in [6.07, 6.45) is 8.31. The van der Waals surface area contributed by atoms with E-state index in [2.05, 4.69) is 24.3 Å². The third-order valence-corrected chi connectivity index (χ3v) is 4.61. The molecule has 2 aliphatic rings. The fourth-order valence-electron chi connectivity index (χ4n) is 3.88. The standard InChI is InChI=1S/C15H30N2O/c1-16-11-15(8-5-9-18-13-15)12-17(2)10-14-6-3-4-7-14/h14,16H,3-13H2,1-2H3. The van der Waals surface area contributed by atoms with Crippen LogP contribution in [0, 0.1) is 11.3 Å². The van der Waals surface area contributed by atoms with Gasteiger partial charge in [-0.2, -0.15) is 0 Å². The van der Waals surface area contributed by atoms with Crippen molar-refractivity contribution in [2.24, 2.45) is 11.3 Å². The summed E-state index contributed by atoms with van der Waals surface area (Å²) in [6, 6.07) is 0. The first kappa shape index (κ1) is 14.3. The Kier molecular flexibility index (Phi) is 5.46. The van der Waals surface area contributed by atoms with Gasteiger partial charge >= 0.3 is 0 Å². The van der Waals surface area contributed by atoms with Gasteiger partial charge < -0.3 is 15.0 Å². The minimum absolute atomic E-state index is 0.348. The second-order valence-corrected chi connectivity index (χ2v) is 6.53. The van der Waals surface area contributed by atoms with E-state index in [0.29, 0.717) is 5.41 Å². The fourth-order valence-corrected chi connectivity index (χ4v) is 3.88. The zero-order chi connectivity index (χ0) is 12.8. The highest BCUT2D eigenvalue weighted by molar-refractivity contribution is 4.87. The van der Waals surface area contributed by atoms with E-state index in [1.807, 2.05) is 0 Å². The van der Waals surface area contributed by atoms with Crippen molar-refractivity contribution in [3.63, 3.8) is 0 Å². The maximum atomic E-state index is 5.74. The third-order valence-electron chi connectivity index (χ3n) is 4.61. The van der Waals surface area contributed by atoms with Crippen LogP contribution in [0.3, 0.4) is 0 Å². The number of hydrogen-bond acceptors (Lipinski definition) is 3. The first-order chi connectivity index (χ1) is 8.74. The average Bonchev–Trinajstić information content (AvgIpc) is 2.83. The van der Waals surface area contributed by atoms with Crippen molar-refractivity contribution in [2.75, 3.05) is 46.9 Å². The smallest absolute Gasteiger partial charge is 0.0546 e.